The predicted octanol–water partition coefficient (Wildman–Crippen LogP) is 6.05. The topological polar surface area (TPSA) is 9.23 Å². The van der Waals surface area contributed by atoms with Crippen LogP contribution in [0.5, 0.6) is 0 Å². The van der Waals surface area contributed by atoms with E-state index >= 15 is 0 Å². The highest BCUT2D eigenvalue weighted by Crippen LogP contribution is 2.36. The van der Waals surface area contributed by atoms with Crippen LogP contribution < -0.4 is 0 Å². The van der Waals surface area contributed by atoms with E-state index in [1.54, 1.807) is 11.3 Å². The molecule has 1 nitrogen and oxygen atoms in total. The molecule has 112 valence electrons. The van der Waals surface area contributed by atoms with Gasteiger partial charge in [-0.1, -0.05) is 32.6 Å². The van der Waals surface area contributed by atoms with Crippen molar-refractivity contribution >= 4 is 35.6 Å². The molecule has 1 rings (SSSR count). The van der Waals surface area contributed by atoms with Crippen molar-refractivity contribution in [3.63, 3.8) is 0 Å². The van der Waals surface area contributed by atoms with Crippen LogP contribution in [0.3, 0.4) is 0 Å². The van der Waals surface area contributed by atoms with Crippen molar-refractivity contribution in [3.05, 3.63) is 20.8 Å². The Hall–Kier alpha value is -0.0831. The Morgan fingerprint density at radius 2 is 2.00 bits per heavy atom. The standard InChI is InChI=1S/C16H25BrOSSi/c1-16(2,3)20(4,5)18-12-9-7-6-8-10-15-14(17)11-13-19-15/h11,13H,6-7,9,12H2,1-5H3. The van der Waals surface area contributed by atoms with Gasteiger partial charge in [-0.3, -0.25) is 0 Å². The van der Waals surface area contributed by atoms with Crippen LogP contribution in [0.4, 0.5) is 0 Å². The maximum Gasteiger partial charge on any atom is 0.191 e. The normalized spacial score (nSPS) is 12.1. The van der Waals surface area contributed by atoms with E-state index in [1.807, 2.05) is 6.07 Å². The first-order chi connectivity index (χ1) is 9.24. The second-order valence-corrected chi connectivity index (χ2v) is 13.0. The summed E-state index contributed by atoms with van der Waals surface area (Å²) in [5.41, 5.74) is 0. The molecule has 0 aromatic carbocycles. The Balaban J connectivity index is 2.21. The van der Waals surface area contributed by atoms with Crippen molar-refractivity contribution in [2.24, 2.45) is 0 Å². The zero-order valence-corrected chi connectivity index (χ0v) is 16.6. The number of hydrogen-bond acceptors (Lipinski definition) is 2. The second kappa shape index (κ2) is 7.79. The monoisotopic (exact) mass is 372 g/mol. The predicted molar refractivity (Wildman–Crippen MR) is 95.9 cm³/mol. The summed E-state index contributed by atoms with van der Waals surface area (Å²) in [6.07, 6.45) is 3.17. The van der Waals surface area contributed by atoms with Crippen LogP contribution in [0.1, 0.15) is 44.9 Å². The molecule has 0 aliphatic carbocycles. The average molecular weight is 373 g/mol. The molecule has 0 amide bonds. The molecular formula is C16H25BrOSSi. The summed E-state index contributed by atoms with van der Waals surface area (Å²) >= 11 is 5.18. The highest BCUT2D eigenvalue weighted by Gasteiger charge is 2.36. The molecule has 0 saturated carbocycles. The molecule has 0 bridgehead atoms. The maximum absolute atomic E-state index is 6.15. The van der Waals surface area contributed by atoms with Gasteiger partial charge in [-0.15, -0.1) is 11.3 Å². The average Bonchev–Trinajstić information content (AvgIpc) is 2.72. The van der Waals surface area contributed by atoms with E-state index in [0.717, 1.165) is 35.2 Å². The van der Waals surface area contributed by atoms with Crippen LogP contribution in [0, 0.1) is 11.8 Å². The maximum atomic E-state index is 6.15. The molecule has 0 N–H and O–H groups in total. The van der Waals surface area contributed by atoms with Crippen LogP contribution in [0.15, 0.2) is 15.9 Å². The quantitative estimate of drug-likeness (QED) is 0.347. The smallest absolute Gasteiger partial charge is 0.191 e. The zero-order chi connectivity index (χ0) is 15.2. The Labute approximate surface area is 137 Å². The van der Waals surface area contributed by atoms with E-state index in [1.165, 1.54) is 0 Å². The molecule has 0 saturated heterocycles. The first-order valence-electron chi connectivity index (χ1n) is 7.10. The van der Waals surface area contributed by atoms with Gasteiger partial charge in [-0.2, -0.15) is 0 Å². The Morgan fingerprint density at radius 3 is 2.55 bits per heavy atom. The number of thiophene rings is 1. The van der Waals surface area contributed by atoms with E-state index < -0.39 is 8.32 Å². The number of hydrogen-bond donors (Lipinski definition) is 0. The van der Waals surface area contributed by atoms with Gasteiger partial charge in [0.1, 0.15) is 0 Å². The van der Waals surface area contributed by atoms with E-state index in [-0.39, 0.29) is 0 Å². The summed E-state index contributed by atoms with van der Waals surface area (Å²) in [5, 5.41) is 2.36. The molecule has 0 radical (unpaired) electrons. The van der Waals surface area contributed by atoms with Crippen molar-refractivity contribution in [2.45, 2.75) is 58.2 Å². The molecule has 0 atom stereocenters. The molecule has 0 unspecified atom stereocenters. The van der Waals surface area contributed by atoms with Gasteiger partial charge < -0.3 is 4.43 Å². The van der Waals surface area contributed by atoms with Crippen molar-refractivity contribution in [2.75, 3.05) is 6.61 Å². The third-order valence-electron chi connectivity index (χ3n) is 3.78. The van der Waals surface area contributed by atoms with E-state index in [9.17, 15) is 0 Å². The summed E-state index contributed by atoms with van der Waals surface area (Å²) in [5.74, 6) is 6.46. The Kier molecular flexibility index (Phi) is 7.00. The van der Waals surface area contributed by atoms with Crippen LogP contribution in [0.25, 0.3) is 0 Å². The lowest BCUT2D eigenvalue weighted by Crippen LogP contribution is -2.40. The van der Waals surface area contributed by atoms with Gasteiger partial charge in [-0.05, 0) is 58.4 Å². The fourth-order valence-corrected chi connectivity index (χ4v) is 3.81. The molecule has 0 aliphatic heterocycles. The van der Waals surface area contributed by atoms with Crippen molar-refractivity contribution in [1.82, 2.24) is 0 Å². The third-order valence-corrected chi connectivity index (χ3v) is 10.1. The Morgan fingerprint density at radius 1 is 1.30 bits per heavy atom. The third kappa shape index (κ3) is 5.73. The number of unbranched alkanes of at least 4 members (excludes halogenated alkanes) is 2. The fourth-order valence-electron chi connectivity index (χ4n) is 1.39. The molecule has 0 aliphatic rings. The Bertz CT molecular complexity index is 477. The first kappa shape index (κ1) is 18.0. The number of halogens is 1. The summed E-state index contributed by atoms with van der Waals surface area (Å²) in [7, 11) is -1.56. The van der Waals surface area contributed by atoms with Gasteiger partial charge in [0.15, 0.2) is 8.32 Å². The summed E-state index contributed by atoms with van der Waals surface area (Å²) in [4.78, 5) is 1.13. The van der Waals surface area contributed by atoms with Gasteiger partial charge in [0.05, 0.1) is 4.88 Å². The summed E-state index contributed by atoms with van der Waals surface area (Å²) in [6, 6.07) is 2.04. The second-order valence-electron chi connectivity index (χ2n) is 6.47. The lowest BCUT2D eigenvalue weighted by molar-refractivity contribution is 0.280. The van der Waals surface area contributed by atoms with Gasteiger partial charge >= 0.3 is 0 Å². The van der Waals surface area contributed by atoms with Gasteiger partial charge in [-0.25, -0.2) is 0 Å². The van der Waals surface area contributed by atoms with Crippen LogP contribution >= 0.6 is 27.3 Å². The zero-order valence-electron chi connectivity index (χ0n) is 13.2. The molecule has 0 fully saturated rings. The SMILES string of the molecule is CC(C)(C)[Si](C)(C)OCCCCC#Cc1sccc1Br. The lowest BCUT2D eigenvalue weighted by Gasteiger charge is -2.36. The van der Waals surface area contributed by atoms with Crippen LogP contribution in [-0.2, 0) is 4.43 Å². The van der Waals surface area contributed by atoms with E-state index in [4.69, 9.17) is 4.43 Å². The van der Waals surface area contributed by atoms with E-state index in [2.05, 4.69) is 67.0 Å². The number of rotatable bonds is 5. The van der Waals surface area contributed by atoms with Crippen LogP contribution in [-0.4, -0.2) is 14.9 Å². The van der Waals surface area contributed by atoms with Crippen molar-refractivity contribution in [3.8, 4) is 11.8 Å². The van der Waals surface area contributed by atoms with Crippen molar-refractivity contribution in [1.29, 1.82) is 0 Å². The largest absolute Gasteiger partial charge is 0.417 e. The fraction of sp³-hybridized carbons (Fsp3) is 0.625. The van der Waals surface area contributed by atoms with Gasteiger partial charge in [0.25, 0.3) is 0 Å². The minimum atomic E-state index is -1.56. The molecule has 1 aromatic heterocycles. The van der Waals surface area contributed by atoms with Crippen molar-refractivity contribution < 1.29 is 4.43 Å². The first-order valence-corrected chi connectivity index (χ1v) is 11.7. The molecule has 1 aromatic rings. The highest BCUT2D eigenvalue weighted by atomic mass is 79.9. The molecule has 1 heterocycles. The minimum Gasteiger partial charge on any atom is -0.417 e. The molecule has 20 heavy (non-hydrogen) atoms. The lowest BCUT2D eigenvalue weighted by atomic mass is 10.2. The molecular weight excluding hydrogens is 348 g/mol. The van der Waals surface area contributed by atoms with Crippen LogP contribution in [0.2, 0.25) is 18.1 Å². The summed E-state index contributed by atoms with van der Waals surface area (Å²) < 4.78 is 7.26. The highest BCUT2D eigenvalue weighted by molar-refractivity contribution is 9.10. The van der Waals surface area contributed by atoms with E-state index in [0.29, 0.717) is 5.04 Å². The minimum absolute atomic E-state index is 0.304. The van der Waals surface area contributed by atoms with Gasteiger partial charge in [0.2, 0.25) is 0 Å². The summed E-state index contributed by atoms with van der Waals surface area (Å²) in [6.45, 7) is 12.3. The molecule has 0 spiro atoms. The molecule has 4 heteroatoms. The van der Waals surface area contributed by atoms with Gasteiger partial charge in [0, 0.05) is 17.5 Å².